The van der Waals surface area contributed by atoms with Crippen LogP contribution in [0.3, 0.4) is 0 Å². The minimum absolute atomic E-state index is 0.0135. The molecule has 0 aromatic rings. The molecule has 26 heavy (non-hydrogen) atoms. The molecular formula is C21H28O5. The molecule has 0 amide bonds. The molecule has 1 N–H and O–H groups in total. The maximum Gasteiger partial charge on any atom is 0.309 e. The van der Waals surface area contributed by atoms with E-state index < -0.39 is 5.79 Å². The van der Waals surface area contributed by atoms with Crippen LogP contribution in [0.25, 0.3) is 0 Å². The van der Waals surface area contributed by atoms with Gasteiger partial charge in [0.05, 0.1) is 30.8 Å². The number of rotatable bonds is 0. The highest BCUT2D eigenvalue weighted by atomic mass is 16.7. The number of aliphatic hydroxyl groups excluding tert-OH is 1. The third kappa shape index (κ3) is 2.26. The zero-order valence-corrected chi connectivity index (χ0v) is 15.6. The number of carbonyl (C=O) groups excluding carboxylic acids is 1. The lowest BCUT2D eigenvalue weighted by Crippen LogP contribution is -2.45. The average molecular weight is 360 g/mol. The van der Waals surface area contributed by atoms with Crippen molar-refractivity contribution in [2.45, 2.75) is 70.4 Å². The van der Waals surface area contributed by atoms with Gasteiger partial charge in [-0.3, -0.25) is 4.79 Å². The number of hydrogen-bond acceptors (Lipinski definition) is 5. The van der Waals surface area contributed by atoms with Crippen molar-refractivity contribution in [3.05, 3.63) is 23.5 Å². The van der Waals surface area contributed by atoms with Crippen LogP contribution in [0.1, 0.15) is 52.4 Å². The molecule has 5 nitrogen and oxygen atoms in total. The molecule has 0 unspecified atom stereocenters. The number of carbonyl (C=O) groups is 1. The van der Waals surface area contributed by atoms with Crippen LogP contribution in [-0.4, -0.2) is 35.7 Å². The predicted molar refractivity (Wildman–Crippen MR) is 93.8 cm³/mol. The first-order valence-electron chi connectivity index (χ1n) is 9.99. The van der Waals surface area contributed by atoms with Crippen LogP contribution in [0, 0.1) is 23.2 Å². The Balaban J connectivity index is 1.50. The molecule has 1 saturated carbocycles. The summed E-state index contributed by atoms with van der Waals surface area (Å²) in [6.07, 6.45) is 8.68. The molecular weight excluding hydrogens is 332 g/mol. The van der Waals surface area contributed by atoms with Gasteiger partial charge in [-0.25, -0.2) is 0 Å². The molecule has 142 valence electrons. The fourth-order valence-corrected chi connectivity index (χ4v) is 6.21. The van der Waals surface area contributed by atoms with Gasteiger partial charge < -0.3 is 19.3 Å². The Hall–Kier alpha value is -1.33. The standard InChI is InChI=1S/C21H28O5/c1-20-8-7-14(22)9-13(20)4-5-15-16(20)6-3-12-10-24-21(2)18(12)17(11-25-21)26-19(15)23/h4,10,14-18,22H,3,5-9,11H2,1-2H3/t14-,15+,16-,17+,18+,20-,21-/m0/s1. The van der Waals surface area contributed by atoms with Crippen molar-refractivity contribution in [2.24, 2.45) is 23.2 Å². The molecule has 2 saturated heterocycles. The topological polar surface area (TPSA) is 65.0 Å². The fourth-order valence-electron chi connectivity index (χ4n) is 6.21. The lowest BCUT2D eigenvalue weighted by Gasteiger charge is -2.49. The van der Waals surface area contributed by atoms with E-state index in [0.717, 1.165) is 38.5 Å². The Kier molecular flexibility index (Phi) is 3.61. The number of aliphatic hydroxyl groups is 1. The first kappa shape index (κ1) is 16.8. The van der Waals surface area contributed by atoms with E-state index in [2.05, 4.69) is 13.0 Å². The van der Waals surface area contributed by atoms with Crippen molar-refractivity contribution in [1.29, 1.82) is 0 Å². The second-order valence-electron chi connectivity index (χ2n) is 9.12. The third-order valence-electron chi connectivity index (χ3n) is 7.74. The van der Waals surface area contributed by atoms with Crippen LogP contribution >= 0.6 is 0 Å². The van der Waals surface area contributed by atoms with Crippen molar-refractivity contribution in [1.82, 2.24) is 0 Å². The average Bonchev–Trinajstić information content (AvgIpc) is 3.10. The van der Waals surface area contributed by atoms with E-state index in [9.17, 15) is 9.90 Å². The highest BCUT2D eigenvalue weighted by Crippen LogP contribution is 2.56. The van der Waals surface area contributed by atoms with E-state index in [1.807, 2.05) is 13.2 Å². The van der Waals surface area contributed by atoms with Crippen molar-refractivity contribution in [2.75, 3.05) is 6.61 Å². The minimum atomic E-state index is -0.682. The van der Waals surface area contributed by atoms with Gasteiger partial charge in [0, 0.05) is 6.92 Å². The lowest BCUT2D eigenvalue weighted by atomic mass is 9.55. The molecule has 5 heteroatoms. The van der Waals surface area contributed by atoms with Gasteiger partial charge in [-0.05, 0) is 55.4 Å². The van der Waals surface area contributed by atoms with Crippen molar-refractivity contribution in [3.63, 3.8) is 0 Å². The normalized spacial score (nSPS) is 50.0. The van der Waals surface area contributed by atoms with Crippen molar-refractivity contribution in [3.8, 4) is 0 Å². The molecule has 0 spiro atoms. The highest BCUT2D eigenvalue weighted by Gasteiger charge is 2.57. The summed E-state index contributed by atoms with van der Waals surface area (Å²) >= 11 is 0. The van der Waals surface area contributed by atoms with Crippen LogP contribution in [0.15, 0.2) is 23.5 Å². The van der Waals surface area contributed by atoms with Gasteiger partial charge in [0.25, 0.3) is 0 Å². The molecule has 5 rings (SSSR count). The maximum atomic E-state index is 13.1. The molecule has 5 aliphatic rings. The van der Waals surface area contributed by atoms with Gasteiger partial charge in [0.1, 0.15) is 6.10 Å². The Bertz CT molecular complexity index is 697. The van der Waals surface area contributed by atoms with Crippen molar-refractivity contribution < 1.29 is 24.1 Å². The summed E-state index contributed by atoms with van der Waals surface area (Å²) in [4.78, 5) is 13.1. The monoisotopic (exact) mass is 360 g/mol. The smallest absolute Gasteiger partial charge is 0.309 e. The largest absolute Gasteiger partial charge is 0.469 e. The van der Waals surface area contributed by atoms with Gasteiger partial charge in [-0.1, -0.05) is 18.6 Å². The maximum absolute atomic E-state index is 13.1. The van der Waals surface area contributed by atoms with Gasteiger partial charge in [-0.2, -0.15) is 0 Å². The molecule has 0 aromatic carbocycles. The Morgan fingerprint density at radius 2 is 2.12 bits per heavy atom. The molecule has 0 radical (unpaired) electrons. The summed E-state index contributed by atoms with van der Waals surface area (Å²) in [5, 5.41) is 10.1. The first-order valence-corrected chi connectivity index (χ1v) is 9.99. The SMILES string of the molecule is C[C@]12OC=C3CC[C@H]4[C@@H](CC=C5C[C@@H](O)CC[C@@]54C)C(=O)O[C@H](CO1)[C@@H]32. The summed E-state index contributed by atoms with van der Waals surface area (Å²) in [6.45, 7) is 4.65. The third-order valence-corrected chi connectivity index (χ3v) is 7.74. The number of esters is 1. The molecule has 2 aliphatic carbocycles. The summed E-state index contributed by atoms with van der Waals surface area (Å²) in [5.41, 5.74) is 2.55. The van der Waals surface area contributed by atoms with E-state index in [0.29, 0.717) is 6.61 Å². The van der Waals surface area contributed by atoms with Crippen LogP contribution in [0.2, 0.25) is 0 Å². The predicted octanol–water partition coefficient (Wildman–Crippen LogP) is 3.08. The number of ether oxygens (including phenoxy) is 3. The number of allylic oxidation sites excluding steroid dienone is 1. The van der Waals surface area contributed by atoms with E-state index in [1.165, 1.54) is 11.1 Å². The Labute approximate surface area is 154 Å². The van der Waals surface area contributed by atoms with E-state index >= 15 is 0 Å². The highest BCUT2D eigenvalue weighted by molar-refractivity contribution is 5.74. The first-order chi connectivity index (χ1) is 12.4. The summed E-state index contributed by atoms with van der Waals surface area (Å²) in [7, 11) is 0. The van der Waals surface area contributed by atoms with Crippen LogP contribution < -0.4 is 0 Å². The van der Waals surface area contributed by atoms with E-state index in [4.69, 9.17) is 14.2 Å². The van der Waals surface area contributed by atoms with E-state index in [-0.39, 0.29) is 41.3 Å². The van der Waals surface area contributed by atoms with Gasteiger partial charge in [-0.15, -0.1) is 0 Å². The van der Waals surface area contributed by atoms with Gasteiger partial charge in [0.2, 0.25) is 5.79 Å². The minimum Gasteiger partial charge on any atom is -0.469 e. The molecule has 3 fully saturated rings. The quantitative estimate of drug-likeness (QED) is 0.531. The van der Waals surface area contributed by atoms with Gasteiger partial charge >= 0.3 is 5.97 Å². The van der Waals surface area contributed by atoms with Crippen LogP contribution in [0.4, 0.5) is 0 Å². The molecule has 7 atom stereocenters. The van der Waals surface area contributed by atoms with Crippen LogP contribution in [-0.2, 0) is 19.0 Å². The molecule has 0 bridgehead atoms. The Morgan fingerprint density at radius 1 is 1.27 bits per heavy atom. The van der Waals surface area contributed by atoms with Crippen molar-refractivity contribution >= 4 is 5.97 Å². The van der Waals surface area contributed by atoms with Gasteiger partial charge in [0.15, 0.2) is 0 Å². The summed E-state index contributed by atoms with van der Waals surface area (Å²) < 4.78 is 17.7. The second-order valence-corrected chi connectivity index (χ2v) is 9.12. The molecule has 3 aliphatic heterocycles. The van der Waals surface area contributed by atoms with Crippen LogP contribution in [0.5, 0.6) is 0 Å². The van der Waals surface area contributed by atoms with E-state index in [1.54, 1.807) is 0 Å². The Morgan fingerprint density at radius 3 is 2.96 bits per heavy atom. The lowest BCUT2D eigenvalue weighted by molar-refractivity contribution is -0.165. The second kappa shape index (κ2) is 5.59. The summed E-state index contributed by atoms with van der Waals surface area (Å²) in [5.74, 6) is -0.581. The fraction of sp³-hybridized carbons (Fsp3) is 0.762. The molecule has 3 heterocycles. The summed E-state index contributed by atoms with van der Waals surface area (Å²) in [6, 6.07) is 0. The number of fused-ring (bicyclic) bond motifs is 3. The number of hydrogen-bond donors (Lipinski definition) is 1. The zero-order valence-electron chi connectivity index (χ0n) is 15.6. The molecule has 0 aromatic heterocycles. The zero-order chi connectivity index (χ0) is 18.1.